The molecule has 25 heavy (non-hydrogen) atoms. The second kappa shape index (κ2) is 10.1. The monoisotopic (exact) mass is 460 g/mol. The van der Waals surface area contributed by atoms with Gasteiger partial charge in [0.1, 0.15) is 0 Å². The van der Waals surface area contributed by atoms with Crippen LogP contribution in [0.3, 0.4) is 0 Å². The summed E-state index contributed by atoms with van der Waals surface area (Å²) < 4.78 is 10.8. The molecule has 6 nitrogen and oxygen atoms in total. The third-order valence-electron chi connectivity index (χ3n) is 4.60. The van der Waals surface area contributed by atoms with Crippen LogP contribution in [0.1, 0.15) is 25.3 Å². The summed E-state index contributed by atoms with van der Waals surface area (Å²) in [5, 5.41) is 6.82. The van der Waals surface area contributed by atoms with Crippen molar-refractivity contribution in [1.82, 2.24) is 15.5 Å². The molecule has 0 spiro atoms. The highest BCUT2D eigenvalue weighted by Crippen LogP contribution is 2.32. The zero-order chi connectivity index (χ0) is 16.8. The Bertz CT molecular complexity index is 574. The van der Waals surface area contributed by atoms with Crippen molar-refractivity contribution in [3.8, 4) is 11.5 Å². The number of nitrogens with zero attached hydrogens (tertiary/aromatic N) is 2. The SMILES string of the molecule is CCNC(=NCc1ccc2c(c1)OCO2)NCC1CCN(C)CC1.I. The summed E-state index contributed by atoms with van der Waals surface area (Å²) >= 11 is 0. The van der Waals surface area contributed by atoms with Crippen LogP contribution < -0.4 is 20.1 Å². The number of aliphatic imine (C=N–C) groups is 1. The summed E-state index contributed by atoms with van der Waals surface area (Å²) in [6.07, 6.45) is 2.51. The van der Waals surface area contributed by atoms with Crippen molar-refractivity contribution in [3.63, 3.8) is 0 Å². The van der Waals surface area contributed by atoms with Gasteiger partial charge in [-0.2, -0.15) is 0 Å². The number of nitrogens with one attached hydrogen (secondary N) is 2. The molecule has 0 radical (unpaired) electrons. The molecule has 0 aromatic heterocycles. The first-order valence-corrected chi connectivity index (χ1v) is 8.84. The third kappa shape index (κ3) is 5.91. The predicted molar refractivity (Wildman–Crippen MR) is 111 cm³/mol. The van der Waals surface area contributed by atoms with E-state index in [0.29, 0.717) is 13.3 Å². The molecule has 2 aliphatic rings. The number of ether oxygens (including phenoxy) is 2. The van der Waals surface area contributed by atoms with Gasteiger partial charge in [-0.25, -0.2) is 4.99 Å². The Balaban J connectivity index is 0.00000225. The molecular weight excluding hydrogens is 431 g/mol. The first kappa shape index (κ1) is 20.1. The van der Waals surface area contributed by atoms with Crippen LogP contribution in [0.25, 0.3) is 0 Å². The van der Waals surface area contributed by atoms with Crippen molar-refractivity contribution in [3.05, 3.63) is 23.8 Å². The number of fused-ring (bicyclic) bond motifs is 1. The quantitative estimate of drug-likeness (QED) is 0.402. The van der Waals surface area contributed by atoms with E-state index in [4.69, 9.17) is 14.5 Å². The molecular formula is C18H29IN4O2. The van der Waals surface area contributed by atoms with Gasteiger partial charge in [-0.1, -0.05) is 6.07 Å². The van der Waals surface area contributed by atoms with Crippen molar-refractivity contribution in [2.24, 2.45) is 10.9 Å². The van der Waals surface area contributed by atoms with Gasteiger partial charge in [0, 0.05) is 13.1 Å². The number of piperidine rings is 1. The van der Waals surface area contributed by atoms with Gasteiger partial charge in [-0.15, -0.1) is 24.0 Å². The Morgan fingerprint density at radius 2 is 1.96 bits per heavy atom. The standard InChI is InChI=1S/C18H28N4O2.HI/c1-3-19-18(20-11-14-6-8-22(2)9-7-14)21-12-15-4-5-16-17(10-15)24-13-23-16;/h4-5,10,14H,3,6-9,11-13H2,1-2H3,(H2,19,20,21);1H. The smallest absolute Gasteiger partial charge is 0.231 e. The normalized spacial score (nSPS) is 17.9. The number of hydrogen-bond donors (Lipinski definition) is 2. The Hall–Kier alpha value is -1.22. The predicted octanol–water partition coefficient (Wildman–Crippen LogP) is 2.43. The van der Waals surface area contributed by atoms with Gasteiger partial charge in [-0.05, 0) is 63.5 Å². The Morgan fingerprint density at radius 1 is 1.20 bits per heavy atom. The lowest BCUT2D eigenvalue weighted by molar-refractivity contribution is 0.174. The van der Waals surface area contributed by atoms with Gasteiger partial charge in [-0.3, -0.25) is 0 Å². The summed E-state index contributed by atoms with van der Waals surface area (Å²) in [4.78, 5) is 7.09. The highest BCUT2D eigenvalue weighted by Gasteiger charge is 2.17. The number of guanidine groups is 1. The van der Waals surface area contributed by atoms with E-state index in [0.717, 1.165) is 42.0 Å². The second-order valence-corrected chi connectivity index (χ2v) is 6.51. The van der Waals surface area contributed by atoms with Gasteiger partial charge >= 0.3 is 0 Å². The van der Waals surface area contributed by atoms with E-state index >= 15 is 0 Å². The first-order chi connectivity index (χ1) is 11.7. The topological polar surface area (TPSA) is 58.1 Å². The molecule has 2 heterocycles. The molecule has 0 aliphatic carbocycles. The van der Waals surface area contributed by atoms with Crippen LogP contribution in [0, 0.1) is 5.92 Å². The average molecular weight is 460 g/mol. The highest BCUT2D eigenvalue weighted by atomic mass is 127. The Labute approximate surface area is 167 Å². The summed E-state index contributed by atoms with van der Waals surface area (Å²) in [5.74, 6) is 3.24. The fraction of sp³-hybridized carbons (Fsp3) is 0.611. The van der Waals surface area contributed by atoms with Crippen LogP contribution in [0.2, 0.25) is 0 Å². The zero-order valence-electron chi connectivity index (χ0n) is 15.1. The van der Waals surface area contributed by atoms with Gasteiger partial charge in [0.15, 0.2) is 17.5 Å². The molecule has 7 heteroatoms. The van der Waals surface area contributed by atoms with Crippen molar-refractivity contribution in [1.29, 1.82) is 0 Å². The van der Waals surface area contributed by atoms with E-state index in [1.54, 1.807) is 0 Å². The average Bonchev–Trinajstić information content (AvgIpc) is 3.06. The summed E-state index contributed by atoms with van der Waals surface area (Å²) in [6, 6.07) is 6.00. The van der Waals surface area contributed by atoms with Gasteiger partial charge in [0.05, 0.1) is 6.54 Å². The zero-order valence-corrected chi connectivity index (χ0v) is 17.4. The number of benzene rings is 1. The van der Waals surface area contributed by atoms with E-state index in [-0.39, 0.29) is 24.0 Å². The molecule has 1 aromatic carbocycles. The highest BCUT2D eigenvalue weighted by molar-refractivity contribution is 14.0. The first-order valence-electron chi connectivity index (χ1n) is 8.84. The number of halogens is 1. The number of likely N-dealkylation sites (tertiary alicyclic amines) is 1. The summed E-state index contributed by atoms with van der Waals surface area (Å²) in [5.41, 5.74) is 1.12. The molecule has 1 aromatic rings. The van der Waals surface area contributed by atoms with E-state index in [1.165, 1.54) is 25.9 Å². The molecule has 2 N–H and O–H groups in total. The van der Waals surface area contributed by atoms with Crippen molar-refractivity contribution in [2.75, 3.05) is 40.0 Å². The third-order valence-corrected chi connectivity index (χ3v) is 4.60. The molecule has 2 aliphatic heterocycles. The van der Waals surface area contributed by atoms with E-state index in [9.17, 15) is 0 Å². The summed E-state index contributed by atoms with van der Waals surface area (Å²) in [6.45, 7) is 7.26. The van der Waals surface area contributed by atoms with Crippen LogP contribution in [-0.4, -0.2) is 50.9 Å². The Kier molecular flexibility index (Phi) is 8.08. The van der Waals surface area contributed by atoms with Gasteiger partial charge in [0.2, 0.25) is 6.79 Å². The van der Waals surface area contributed by atoms with E-state index < -0.39 is 0 Å². The molecule has 0 amide bonds. The molecule has 0 unspecified atom stereocenters. The maximum Gasteiger partial charge on any atom is 0.231 e. The fourth-order valence-electron chi connectivity index (χ4n) is 3.06. The van der Waals surface area contributed by atoms with Crippen LogP contribution in [-0.2, 0) is 6.54 Å². The molecule has 1 saturated heterocycles. The van der Waals surface area contributed by atoms with Gasteiger partial charge < -0.3 is 25.0 Å². The number of rotatable bonds is 5. The molecule has 1 fully saturated rings. The number of hydrogen-bond acceptors (Lipinski definition) is 4. The minimum Gasteiger partial charge on any atom is -0.454 e. The van der Waals surface area contributed by atoms with Crippen molar-refractivity contribution < 1.29 is 9.47 Å². The van der Waals surface area contributed by atoms with Crippen molar-refractivity contribution in [2.45, 2.75) is 26.3 Å². The maximum atomic E-state index is 5.42. The lowest BCUT2D eigenvalue weighted by Crippen LogP contribution is -2.42. The second-order valence-electron chi connectivity index (χ2n) is 6.51. The van der Waals surface area contributed by atoms with Crippen LogP contribution in [0.15, 0.2) is 23.2 Å². The Morgan fingerprint density at radius 3 is 2.72 bits per heavy atom. The lowest BCUT2D eigenvalue weighted by Gasteiger charge is -2.29. The van der Waals surface area contributed by atoms with Crippen LogP contribution in [0.4, 0.5) is 0 Å². The largest absolute Gasteiger partial charge is 0.454 e. The molecule has 3 rings (SSSR count). The molecule has 0 bridgehead atoms. The summed E-state index contributed by atoms with van der Waals surface area (Å²) in [7, 11) is 2.19. The fourth-order valence-corrected chi connectivity index (χ4v) is 3.06. The van der Waals surface area contributed by atoms with Crippen LogP contribution in [0.5, 0.6) is 11.5 Å². The minimum absolute atomic E-state index is 0. The van der Waals surface area contributed by atoms with E-state index in [1.807, 2.05) is 18.2 Å². The maximum absolute atomic E-state index is 5.42. The van der Waals surface area contributed by atoms with Gasteiger partial charge in [0.25, 0.3) is 0 Å². The molecule has 0 saturated carbocycles. The molecule has 140 valence electrons. The molecule has 0 atom stereocenters. The van der Waals surface area contributed by atoms with Crippen molar-refractivity contribution >= 4 is 29.9 Å². The lowest BCUT2D eigenvalue weighted by atomic mass is 9.97. The minimum atomic E-state index is 0. The van der Waals surface area contributed by atoms with Crippen LogP contribution >= 0.6 is 24.0 Å². The van der Waals surface area contributed by atoms with E-state index in [2.05, 4.69) is 29.5 Å².